The second-order valence-electron chi connectivity index (χ2n) is 2.55. The van der Waals surface area contributed by atoms with Gasteiger partial charge in [0.25, 0.3) is 0 Å². The number of unbranched alkanes of at least 4 members (excludes halogenated alkanes) is 1. The molecule has 59 valence electrons. The van der Waals surface area contributed by atoms with Crippen LogP contribution in [0, 0.1) is 6.07 Å². The van der Waals surface area contributed by atoms with Crippen molar-refractivity contribution in [1.82, 2.24) is 0 Å². The van der Waals surface area contributed by atoms with Crippen molar-refractivity contribution in [3.05, 3.63) is 35.9 Å². The molecule has 11 heavy (non-hydrogen) atoms. The summed E-state index contributed by atoms with van der Waals surface area (Å²) in [5.41, 5.74) is 1.44. The molecule has 0 bridgehead atoms. The Morgan fingerprint density at radius 3 is 2.55 bits per heavy atom. The van der Waals surface area contributed by atoms with Gasteiger partial charge in [-0.25, -0.2) is 0 Å². The van der Waals surface area contributed by atoms with Gasteiger partial charge in [-0.3, -0.25) is 0 Å². The van der Waals surface area contributed by atoms with Crippen molar-refractivity contribution in [1.29, 1.82) is 0 Å². The molecule has 1 radical (unpaired) electrons. The maximum absolute atomic E-state index is 3.02. The normalized spacial score (nSPS) is 9.91. The molecule has 1 rings (SSSR count). The minimum Gasteiger partial charge on any atom is -0.0864 e. The van der Waals surface area contributed by atoms with Gasteiger partial charge in [0.15, 0.2) is 0 Å². The van der Waals surface area contributed by atoms with Gasteiger partial charge in [0.2, 0.25) is 0 Å². The Morgan fingerprint density at radius 1 is 1.18 bits per heavy atom. The molecule has 0 heterocycles. The van der Waals surface area contributed by atoms with Crippen LogP contribution in [0.2, 0.25) is 0 Å². The second-order valence-corrected chi connectivity index (χ2v) is 3.63. The minimum absolute atomic E-state index is 1.22. The molecular weight excluding hydrogens is 247 g/mol. The first-order valence-corrected chi connectivity index (χ1v) is 5.47. The Kier molecular flexibility index (Phi) is 4.59. The standard InChI is InChI=1S/C10H12I/c11-9-5-4-8-10-6-2-1-3-7-10/h2-3,6-7H,4-5,8-9H2. The summed E-state index contributed by atoms with van der Waals surface area (Å²) in [6.45, 7) is 0. The molecule has 0 atom stereocenters. The first-order chi connectivity index (χ1) is 5.43. The molecule has 0 spiro atoms. The number of benzene rings is 1. The highest BCUT2D eigenvalue weighted by molar-refractivity contribution is 14.1. The summed E-state index contributed by atoms with van der Waals surface area (Å²) >= 11 is 2.42. The molecule has 0 N–H and O–H groups in total. The van der Waals surface area contributed by atoms with E-state index in [1.165, 1.54) is 29.3 Å². The smallest absolute Gasteiger partial charge is 0.000461 e. The number of hydrogen-bond acceptors (Lipinski definition) is 0. The highest BCUT2D eigenvalue weighted by Gasteiger charge is 1.89. The van der Waals surface area contributed by atoms with E-state index in [0.29, 0.717) is 0 Å². The third-order valence-electron chi connectivity index (χ3n) is 1.64. The minimum atomic E-state index is 1.22. The van der Waals surface area contributed by atoms with Gasteiger partial charge in [0.05, 0.1) is 0 Å². The molecule has 0 nitrogen and oxygen atoms in total. The Morgan fingerprint density at radius 2 is 1.91 bits per heavy atom. The molecular formula is C10H12I. The number of halogens is 1. The topological polar surface area (TPSA) is 0 Å². The van der Waals surface area contributed by atoms with Gasteiger partial charge in [0.1, 0.15) is 0 Å². The average Bonchev–Trinajstić information content (AvgIpc) is 2.07. The number of rotatable bonds is 4. The van der Waals surface area contributed by atoms with Gasteiger partial charge in [-0.15, -0.1) is 0 Å². The van der Waals surface area contributed by atoms with Crippen LogP contribution in [0.25, 0.3) is 0 Å². The molecule has 0 unspecified atom stereocenters. The zero-order chi connectivity index (χ0) is 7.94. The fourth-order valence-electron chi connectivity index (χ4n) is 1.01. The van der Waals surface area contributed by atoms with E-state index < -0.39 is 0 Å². The molecule has 1 heteroatoms. The van der Waals surface area contributed by atoms with Crippen molar-refractivity contribution in [3.8, 4) is 0 Å². The summed E-state index contributed by atoms with van der Waals surface area (Å²) in [5, 5.41) is 0. The average molecular weight is 259 g/mol. The van der Waals surface area contributed by atoms with Crippen molar-refractivity contribution in [2.45, 2.75) is 19.3 Å². The molecule has 1 aromatic carbocycles. The van der Waals surface area contributed by atoms with Gasteiger partial charge in [-0.1, -0.05) is 46.9 Å². The lowest BCUT2D eigenvalue weighted by Gasteiger charge is -1.97. The van der Waals surface area contributed by atoms with E-state index in [4.69, 9.17) is 0 Å². The fourth-order valence-corrected chi connectivity index (χ4v) is 1.55. The maximum Gasteiger partial charge on any atom is -0.000461 e. The molecule has 0 saturated carbocycles. The SMILES string of the molecule is ICCCCc1cc[c]cc1. The Balaban J connectivity index is 2.28. The maximum atomic E-state index is 3.02. The summed E-state index contributed by atoms with van der Waals surface area (Å²) in [5.74, 6) is 0. The van der Waals surface area contributed by atoms with E-state index >= 15 is 0 Å². The number of alkyl halides is 1. The van der Waals surface area contributed by atoms with E-state index in [1.807, 2.05) is 12.1 Å². The Hall–Kier alpha value is -0.0500. The van der Waals surface area contributed by atoms with Crippen molar-refractivity contribution >= 4 is 22.6 Å². The lowest BCUT2D eigenvalue weighted by Crippen LogP contribution is -1.84. The number of aryl methyl sites for hydroxylation is 1. The predicted octanol–water partition coefficient (Wildman–Crippen LogP) is 3.24. The summed E-state index contributed by atoms with van der Waals surface area (Å²) in [4.78, 5) is 0. The van der Waals surface area contributed by atoms with Crippen molar-refractivity contribution in [2.75, 3.05) is 4.43 Å². The van der Waals surface area contributed by atoms with Crippen molar-refractivity contribution in [2.24, 2.45) is 0 Å². The third-order valence-corrected chi connectivity index (χ3v) is 2.40. The second kappa shape index (κ2) is 5.58. The molecule has 0 aliphatic carbocycles. The Labute approximate surface area is 82.2 Å². The first-order valence-electron chi connectivity index (χ1n) is 3.94. The quantitative estimate of drug-likeness (QED) is 0.442. The van der Waals surface area contributed by atoms with Crippen LogP contribution in [-0.4, -0.2) is 4.43 Å². The van der Waals surface area contributed by atoms with Gasteiger partial charge in [0, 0.05) is 0 Å². The van der Waals surface area contributed by atoms with Crippen LogP contribution >= 0.6 is 22.6 Å². The lowest BCUT2D eigenvalue weighted by atomic mass is 10.1. The zero-order valence-corrected chi connectivity index (χ0v) is 8.67. The van der Waals surface area contributed by atoms with Crippen LogP contribution in [0.1, 0.15) is 18.4 Å². The zero-order valence-electron chi connectivity index (χ0n) is 6.52. The van der Waals surface area contributed by atoms with E-state index in [2.05, 4.69) is 40.8 Å². The van der Waals surface area contributed by atoms with Crippen LogP contribution in [0.15, 0.2) is 24.3 Å². The molecule has 1 aromatic rings. The lowest BCUT2D eigenvalue weighted by molar-refractivity contribution is 0.809. The largest absolute Gasteiger partial charge is 0.0864 e. The van der Waals surface area contributed by atoms with Crippen LogP contribution in [0.3, 0.4) is 0 Å². The highest BCUT2D eigenvalue weighted by atomic mass is 127. The van der Waals surface area contributed by atoms with Crippen molar-refractivity contribution < 1.29 is 0 Å². The van der Waals surface area contributed by atoms with Crippen molar-refractivity contribution in [3.63, 3.8) is 0 Å². The molecule has 0 saturated heterocycles. The molecule has 0 aliphatic heterocycles. The van der Waals surface area contributed by atoms with Gasteiger partial charge >= 0.3 is 0 Å². The van der Waals surface area contributed by atoms with Crippen LogP contribution in [0.4, 0.5) is 0 Å². The molecule has 0 fully saturated rings. The monoisotopic (exact) mass is 259 g/mol. The van der Waals surface area contributed by atoms with E-state index in [1.54, 1.807) is 0 Å². The van der Waals surface area contributed by atoms with E-state index in [0.717, 1.165) is 0 Å². The van der Waals surface area contributed by atoms with Crippen LogP contribution in [0.5, 0.6) is 0 Å². The summed E-state index contributed by atoms with van der Waals surface area (Å²) in [7, 11) is 0. The summed E-state index contributed by atoms with van der Waals surface area (Å²) < 4.78 is 1.27. The van der Waals surface area contributed by atoms with Crippen LogP contribution < -0.4 is 0 Å². The molecule has 0 amide bonds. The Bertz CT molecular complexity index is 181. The van der Waals surface area contributed by atoms with E-state index in [-0.39, 0.29) is 0 Å². The fraction of sp³-hybridized carbons (Fsp3) is 0.400. The van der Waals surface area contributed by atoms with Gasteiger partial charge in [-0.2, -0.15) is 0 Å². The first kappa shape index (κ1) is 9.04. The third kappa shape index (κ3) is 3.75. The number of hydrogen-bond donors (Lipinski definition) is 0. The molecule has 0 aliphatic rings. The molecule has 0 aromatic heterocycles. The predicted molar refractivity (Wildman–Crippen MR) is 57.1 cm³/mol. The van der Waals surface area contributed by atoms with Gasteiger partial charge < -0.3 is 0 Å². The van der Waals surface area contributed by atoms with Gasteiger partial charge in [-0.05, 0) is 35.3 Å². The highest BCUT2D eigenvalue weighted by Crippen LogP contribution is 2.04. The summed E-state index contributed by atoms with van der Waals surface area (Å²) in [6, 6.07) is 11.3. The van der Waals surface area contributed by atoms with E-state index in [9.17, 15) is 0 Å². The van der Waals surface area contributed by atoms with Crippen LogP contribution in [-0.2, 0) is 6.42 Å². The summed E-state index contributed by atoms with van der Waals surface area (Å²) in [6.07, 6.45) is 3.86.